The van der Waals surface area contributed by atoms with E-state index in [1.807, 2.05) is 42.5 Å². The summed E-state index contributed by atoms with van der Waals surface area (Å²) in [4.78, 5) is 27.2. The monoisotopic (exact) mass is 350 g/mol. The summed E-state index contributed by atoms with van der Waals surface area (Å²) in [5, 5.41) is 2.93. The summed E-state index contributed by atoms with van der Waals surface area (Å²) in [5.41, 5.74) is 4.65. The normalized spacial score (nSPS) is 13.7. The highest BCUT2D eigenvalue weighted by Crippen LogP contribution is 2.28. The fourth-order valence-corrected chi connectivity index (χ4v) is 3.72. The van der Waals surface area contributed by atoms with E-state index in [4.69, 9.17) is 0 Å². The van der Waals surface area contributed by atoms with Crippen LogP contribution in [0.15, 0.2) is 47.3 Å². The third-order valence-corrected chi connectivity index (χ3v) is 5.07. The summed E-state index contributed by atoms with van der Waals surface area (Å²) in [7, 11) is 3.81. The number of carbonyl (C=O) groups is 1. The average molecular weight is 350 g/mol. The smallest absolute Gasteiger partial charge is 0.329 e. The molecule has 134 valence electrons. The first-order chi connectivity index (χ1) is 12.5. The van der Waals surface area contributed by atoms with Gasteiger partial charge >= 0.3 is 5.69 Å². The standard InChI is InChI=1S/C20H22N4O2/c1-22-11-5-6-14-12-15(9-10-16(14)22)21-19(25)13-24-18-8-4-3-7-17(18)23(2)20(24)26/h3-4,7-10,12H,5-6,11,13H2,1-2H3,(H,21,25). The molecule has 0 aliphatic carbocycles. The van der Waals surface area contributed by atoms with Crippen LogP contribution in [0.25, 0.3) is 11.0 Å². The van der Waals surface area contributed by atoms with Crippen LogP contribution in [-0.4, -0.2) is 28.6 Å². The zero-order chi connectivity index (χ0) is 18.3. The highest BCUT2D eigenvalue weighted by molar-refractivity contribution is 5.92. The average Bonchev–Trinajstić information content (AvgIpc) is 2.87. The van der Waals surface area contributed by atoms with Crippen LogP contribution in [0.1, 0.15) is 12.0 Å². The Bertz CT molecular complexity index is 1050. The highest BCUT2D eigenvalue weighted by Gasteiger charge is 2.16. The number of aromatic nitrogens is 2. The van der Waals surface area contributed by atoms with Gasteiger partial charge in [0.25, 0.3) is 0 Å². The first-order valence-corrected chi connectivity index (χ1v) is 8.83. The predicted molar refractivity (Wildman–Crippen MR) is 104 cm³/mol. The van der Waals surface area contributed by atoms with Crippen molar-refractivity contribution in [3.05, 3.63) is 58.5 Å². The molecule has 0 saturated carbocycles. The SMILES string of the molecule is CN1CCCc2cc(NC(=O)Cn3c(=O)n(C)c4ccccc43)ccc21. The van der Waals surface area contributed by atoms with E-state index in [0.717, 1.165) is 36.1 Å². The number of aryl methyl sites for hydroxylation is 2. The predicted octanol–water partition coefficient (Wildman–Crippen LogP) is 2.36. The minimum Gasteiger partial charge on any atom is -0.374 e. The van der Waals surface area contributed by atoms with E-state index in [9.17, 15) is 9.59 Å². The Morgan fingerprint density at radius 3 is 2.69 bits per heavy atom. The summed E-state index contributed by atoms with van der Waals surface area (Å²) in [5.74, 6) is -0.201. The molecule has 1 aromatic heterocycles. The van der Waals surface area contributed by atoms with E-state index in [1.54, 1.807) is 11.6 Å². The van der Waals surface area contributed by atoms with Gasteiger partial charge in [0, 0.05) is 32.0 Å². The lowest BCUT2D eigenvalue weighted by Gasteiger charge is -2.27. The van der Waals surface area contributed by atoms with Crippen LogP contribution < -0.4 is 15.9 Å². The topological polar surface area (TPSA) is 59.3 Å². The molecule has 0 saturated heterocycles. The summed E-state index contributed by atoms with van der Waals surface area (Å²) >= 11 is 0. The number of hydrogen-bond donors (Lipinski definition) is 1. The van der Waals surface area contributed by atoms with Gasteiger partial charge in [-0.3, -0.25) is 13.9 Å². The molecule has 0 bridgehead atoms. The van der Waals surface area contributed by atoms with Crippen molar-refractivity contribution in [1.82, 2.24) is 9.13 Å². The molecule has 6 heteroatoms. The number of benzene rings is 2. The molecule has 0 radical (unpaired) electrons. The molecule has 0 spiro atoms. The molecular weight excluding hydrogens is 328 g/mol. The number of imidazole rings is 1. The second-order valence-corrected chi connectivity index (χ2v) is 6.83. The van der Waals surface area contributed by atoms with Gasteiger partial charge in [0.2, 0.25) is 5.91 Å². The zero-order valence-electron chi connectivity index (χ0n) is 15.0. The Morgan fingerprint density at radius 2 is 1.88 bits per heavy atom. The minimum atomic E-state index is -0.201. The lowest BCUT2D eigenvalue weighted by atomic mass is 10.0. The van der Waals surface area contributed by atoms with E-state index in [0.29, 0.717) is 0 Å². The van der Waals surface area contributed by atoms with Crippen molar-refractivity contribution >= 4 is 28.3 Å². The van der Waals surface area contributed by atoms with Crippen LogP contribution in [0.2, 0.25) is 0 Å². The number of para-hydroxylation sites is 2. The van der Waals surface area contributed by atoms with Gasteiger partial charge in [-0.1, -0.05) is 12.1 Å². The maximum Gasteiger partial charge on any atom is 0.329 e. The molecule has 26 heavy (non-hydrogen) atoms. The van der Waals surface area contributed by atoms with Crippen LogP contribution in [0.3, 0.4) is 0 Å². The van der Waals surface area contributed by atoms with Gasteiger partial charge in [-0.05, 0) is 48.7 Å². The lowest BCUT2D eigenvalue weighted by molar-refractivity contribution is -0.116. The molecule has 4 rings (SSSR count). The Labute approximate surface area is 151 Å². The van der Waals surface area contributed by atoms with E-state index in [2.05, 4.69) is 17.3 Å². The second-order valence-electron chi connectivity index (χ2n) is 6.83. The zero-order valence-corrected chi connectivity index (χ0v) is 15.0. The molecule has 1 aliphatic heterocycles. The summed E-state index contributed by atoms with van der Waals surface area (Å²) in [6.45, 7) is 1.06. The quantitative estimate of drug-likeness (QED) is 0.789. The third kappa shape index (κ3) is 2.77. The molecule has 0 atom stereocenters. The van der Waals surface area contributed by atoms with Crippen LogP contribution in [0.5, 0.6) is 0 Å². The van der Waals surface area contributed by atoms with E-state index in [1.165, 1.54) is 15.8 Å². The molecule has 1 aliphatic rings. The van der Waals surface area contributed by atoms with Crippen molar-refractivity contribution < 1.29 is 4.79 Å². The van der Waals surface area contributed by atoms with Crippen molar-refractivity contribution in [1.29, 1.82) is 0 Å². The fraction of sp³-hybridized carbons (Fsp3) is 0.300. The number of amides is 1. The molecule has 1 N–H and O–H groups in total. The Morgan fingerprint density at radius 1 is 1.12 bits per heavy atom. The fourth-order valence-electron chi connectivity index (χ4n) is 3.72. The summed E-state index contributed by atoms with van der Waals surface area (Å²) in [6.07, 6.45) is 2.14. The van der Waals surface area contributed by atoms with E-state index in [-0.39, 0.29) is 18.1 Å². The van der Waals surface area contributed by atoms with Gasteiger partial charge < -0.3 is 10.2 Å². The van der Waals surface area contributed by atoms with Crippen molar-refractivity contribution in [3.63, 3.8) is 0 Å². The van der Waals surface area contributed by atoms with Gasteiger partial charge in [0.1, 0.15) is 6.54 Å². The molecule has 2 heterocycles. The number of nitrogens with zero attached hydrogens (tertiary/aromatic N) is 3. The minimum absolute atomic E-state index is 0.00280. The van der Waals surface area contributed by atoms with Gasteiger partial charge in [-0.15, -0.1) is 0 Å². The van der Waals surface area contributed by atoms with Crippen molar-refractivity contribution in [2.75, 3.05) is 23.8 Å². The molecule has 0 fully saturated rings. The largest absolute Gasteiger partial charge is 0.374 e. The number of anilines is 2. The molecule has 6 nitrogen and oxygen atoms in total. The lowest BCUT2D eigenvalue weighted by Crippen LogP contribution is -2.28. The van der Waals surface area contributed by atoms with E-state index < -0.39 is 0 Å². The summed E-state index contributed by atoms with van der Waals surface area (Å²) < 4.78 is 3.08. The van der Waals surface area contributed by atoms with Crippen molar-refractivity contribution in [2.45, 2.75) is 19.4 Å². The first kappa shape index (κ1) is 16.4. The van der Waals surface area contributed by atoms with Gasteiger partial charge in [-0.25, -0.2) is 4.79 Å². The Kier molecular flexibility index (Phi) is 4.03. The maximum atomic E-state index is 12.5. The number of fused-ring (bicyclic) bond motifs is 2. The summed E-state index contributed by atoms with van der Waals surface area (Å²) in [6, 6.07) is 13.5. The Balaban J connectivity index is 1.57. The number of carbonyl (C=O) groups excluding carboxylic acids is 1. The van der Waals surface area contributed by atoms with E-state index >= 15 is 0 Å². The van der Waals surface area contributed by atoms with Crippen LogP contribution in [-0.2, 0) is 24.8 Å². The van der Waals surface area contributed by atoms with Crippen LogP contribution >= 0.6 is 0 Å². The number of rotatable bonds is 3. The van der Waals surface area contributed by atoms with Gasteiger partial charge in [0.15, 0.2) is 0 Å². The Hall–Kier alpha value is -3.02. The molecule has 1 amide bonds. The molecule has 0 unspecified atom stereocenters. The maximum absolute atomic E-state index is 12.5. The van der Waals surface area contributed by atoms with Gasteiger partial charge in [0.05, 0.1) is 11.0 Å². The third-order valence-electron chi connectivity index (χ3n) is 5.07. The first-order valence-electron chi connectivity index (χ1n) is 8.83. The number of hydrogen-bond acceptors (Lipinski definition) is 3. The number of nitrogens with one attached hydrogen (secondary N) is 1. The second kappa shape index (κ2) is 6.37. The molecular formula is C20H22N4O2. The molecule has 3 aromatic rings. The highest BCUT2D eigenvalue weighted by atomic mass is 16.2. The van der Waals surface area contributed by atoms with Crippen molar-refractivity contribution in [3.8, 4) is 0 Å². The van der Waals surface area contributed by atoms with Crippen LogP contribution in [0, 0.1) is 0 Å². The molecule has 2 aromatic carbocycles. The van der Waals surface area contributed by atoms with Gasteiger partial charge in [-0.2, -0.15) is 0 Å². The van der Waals surface area contributed by atoms with Crippen LogP contribution in [0.4, 0.5) is 11.4 Å². The van der Waals surface area contributed by atoms with Crippen molar-refractivity contribution in [2.24, 2.45) is 7.05 Å².